The van der Waals surface area contributed by atoms with Gasteiger partial charge >= 0.3 is 0 Å². The maximum atomic E-state index is 5.94. The van der Waals surface area contributed by atoms with Crippen molar-refractivity contribution >= 4 is 5.69 Å². The first-order valence-corrected chi connectivity index (χ1v) is 7.68. The zero-order valence-electron chi connectivity index (χ0n) is 12.9. The number of likely N-dealkylation sites (N-methyl/N-ethyl adjacent to an activating group) is 1. The molecule has 0 heterocycles. The van der Waals surface area contributed by atoms with E-state index in [1.807, 2.05) is 0 Å². The second kappa shape index (κ2) is 8.98. The van der Waals surface area contributed by atoms with Crippen LogP contribution >= 0.6 is 0 Å². The first-order valence-electron chi connectivity index (χ1n) is 7.68. The number of nitrogens with zero attached hydrogens (tertiary/aromatic N) is 1. The minimum Gasteiger partial charge on any atom is -0.370 e. The number of unbranched alkanes of at least 4 members (excludes halogenated alkanes) is 4. The Hall–Kier alpha value is -1.02. The molecule has 1 atom stereocenters. The lowest BCUT2D eigenvalue weighted by Crippen LogP contribution is -2.37. The minimum absolute atomic E-state index is 0.462. The first-order chi connectivity index (χ1) is 9.19. The number of aryl methyl sites for hydroxylation is 1. The van der Waals surface area contributed by atoms with Crippen molar-refractivity contribution in [2.75, 3.05) is 18.5 Å². The van der Waals surface area contributed by atoms with Crippen LogP contribution in [0.2, 0.25) is 0 Å². The maximum Gasteiger partial charge on any atom is 0.0409 e. The first kappa shape index (κ1) is 16.0. The van der Waals surface area contributed by atoms with Crippen LogP contribution in [0.3, 0.4) is 0 Å². The Morgan fingerprint density at radius 2 is 1.68 bits per heavy atom. The van der Waals surface area contributed by atoms with Crippen molar-refractivity contribution in [3.05, 3.63) is 29.8 Å². The molecule has 0 saturated heterocycles. The lowest BCUT2D eigenvalue weighted by molar-refractivity contribution is 0.528. The van der Waals surface area contributed by atoms with E-state index in [4.69, 9.17) is 5.73 Å². The number of hydrogen-bond acceptors (Lipinski definition) is 2. The number of benzene rings is 1. The van der Waals surface area contributed by atoms with E-state index in [0.717, 1.165) is 6.54 Å². The van der Waals surface area contributed by atoms with Gasteiger partial charge in [-0.3, -0.25) is 0 Å². The van der Waals surface area contributed by atoms with E-state index in [9.17, 15) is 0 Å². The fourth-order valence-corrected chi connectivity index (χ4v) is 2.44. The molecule has 1 unspecified atom stereocenters. The molecule has 0 fully saturated rings. The highest BCUT2D eigenvalue weighted by molar-refractivity contribution is 5.47. The lowest BCUT2D eigenvalue weighted by Gasteiger charge is -2.29. The topological polar surface area (TPSA) is 29.3 Å². The Morgan fingerprint density at radius 3 is 2.26 bits per heavy atom. The predicted molar refractivity (Wildman–Crippen MR) is 85.8 cm³/mol. The van der Waals surface area contributed by atoms with Gasteiger partial charge in [0.1, 0.15) is 0 Å². The van der Waals surface area contributed by atoms with Crippen molar-refractivity contribution in [2.24, 2.45) is 5.73 Å². The highest BCUT2D eigenvalue weighted by atomic mass is 15.1. The van der Waals surface area contributed by atoms with Crippen LogP contribution < -0.4 is 10.6 Å². The van der Waals surface area contributed by atoms with Gasteiger partial charge in [-0.25, -0.2) is 0 Å². The van der Waals surface area contributed by atoms with Crippen molar-refractivity contribution in [2.45, 2.75) is 58.4 Å². The number of hydrogen-bond donors (Lipinski definition) is 1. The van der Waals surface area contributed by atoms with Crippen molar-refractivity contribution in [1.82, 2.24) is 0 Å². The van der Waals surface area contributed by atoms with Gasteiger partial charge in [0.05, 0.1) is 0 Å². The second-order valence-electron chi connectivity index (χ2n) is 5.54. The van der Waals surface area contributed by atoms with Gasteiger partial charge in [0, 0.05) is 25.3 Å². The quantitative estimate of drug-likeness (QED) is 0.678. The Balaban J connectivity index is 2.42. The summed E-state index contributed by atoms with van der Waals surface area (Å²) in [6.07, 6.45) is 7.86. The summed E-state index contributed by atoms with van der Waals surface area (Å²) in [4.78, 5) is 2.33. The molecule has 0 aliphatic heterocycles. The van der Waals surface area contributed by atoms with Crippen LogP contribution in [0.5, 0.6) is 0 Å². The second-order valence-corrected chi connectivity index (χ2v) is 5.54. The molecule has 2 nitrogen and oxygen atoms in total. The van der Waals surface area contributed by atoms with E-state index in [2.05, 4.69) is 50.1 Å². The molecule has 2 N–H and O–H groups in total. The molecule has 0 spiro atoms. The molecule has 1 rings (SSSR count). The molecular formula is C17H30N2. The third-order valence-electron chi connectivity index (χ3n) is 3.90. The molecule has 0 aliphatic carbocycles. The molecular weight excluding hydrogens is 232 g/mol. The smallest absolute Gasteiger partial charge is 0.0409 e. The van der Waals surface area contributed by atoms with Crippen LogP contribution in [0, 0.1) is 6.92 Å². The SMILES string of the molecule is CCCCCCCC(CN)N(C)c1ccc(C)cc1. The fraction of sp³-hybridized carbons (Fsp3) is 0.647. The largest absolute Gasteiger partial charge is 0.370 e. The van der Waals surface area contributed by atoms with Crippen LogP contribution in [0.15, 0.2) is 24.3 Å². The third kappa shape index (κ3) is 5.65. The highest BCUT2D eigenvalue weighted by Gasteiger charge is 2.13. The van der Waals surface area contributed by atoms with Gasteiger partial charge in [-0.2, -0.15) is 0 Å². The summed E-state index contributed by atoms with van der Waals surface area (Å²) < 4.78 is 0. The minimum atomic E-state index is 0.462. The standard InChI is InChI=1S/C17H30N2/c1-4-5-6-7-8-9-17(14-18)19(3)16-12-10-15(2)11-13-16/h10-13,17H,4-9,14,18H2,1-3H3. The van der Waals surface area contributed by atoms with Gasteiger partial charge in [0.25, 0.3) is 0 Å². The van der Waals surface area contributed by atoms with Gasteiger partial charge < -0.3 is 10.6 Å². The summed E-state index contributed by atoms with van der Waals surface area (Å²) >= 11 is 0. The summed E-state index contributed by atoms with van der Waals surface area (Å²) in [5.74, 6) is 0. The third-order valence-corrected chi connectivity index (χ3v) is 3.90. The number of nitrogens with two attached hydrogens (primary N) is 1. The average molecular weight is 262 g/mol. The Morgan fingerprint density at radius 1 is 1.05 bits per heavy atom. The monoisotopic (exact) mass is 262 g/mol. The summed E-state index contributed by atoms with van der Waals surface area (Å²) in [6, 6.07) is 9.18. The normalized spacial score (nSPS) is 12.4. The fourth-order valence-electron chi connectivity index (χ4n) is 2.44. The van der Waals surface area contributed by atoms with Gasteiger partial charge in [0.15, 0.2) is 0 Å². The molecule has 1 aromatic carbocycles. The summed E-state index contributed by atoms with van der Waals surface area (Å²) in [5, 5.41) is 0. The number of rotatable bonds is 9. The van der Waals surface area contributed by atoms with E-state index >= 15 is 0 Å². The predicted octanol–water partition coefficient (Wildman–Crippen LogP) is 4.12. The highest BCUT2D eigenvalue weighted by Crippen LogP contribution is 2.19. The average Bonchev–Trinajstić information content (AvgIpc) is 2.43. The summed E-state index contributed by atoms with van der Waals surface area (Å²) in [7, 11) is 2.16. The Kier molecular flexibility index (Phi) is 7.57. The van der Waals surface area contributed by atoms with Crippen molar-refractivity contribution < 1.29 is 0 Å². The van der Waals surface area contributed by atoms with Gasteiger partial charge in [-0.05, 0) is 25.5 Å². The van der Waals surface area contributed by atoms with Crippen LogP contribution in [0.25, 0.3) is 0 Å². The van der Waals surface area contributed by atoms with Gasteiger partial charge in [-0.15, -0.1) is 0 Å². The van der Waals surface area contributed by atoms with Crippen LogP contribution in [0.1, 0.15) is 51.0 Å². The van der Waals surface area contributed by atoms with E-state index in [-0.39, 0.29) is 0 Å². The van der Waals surface area contributed by atoms with Crippen LogP contribution in [0.4, 0.5) is 5.69 Å². The molecule has 19 heavy (non-hydrogen) atoms. The van der Waals surface area contributed by atoms with Crippen molar-refractivity contribution in [3.63, 3.8) is 0 Å². The van der Waals surface area contributed by atoms with E-state index in [0.29, 0.717) is 6.04 Å². The maximum absolute atomic E-state index is 5.94. The molecule has 0 bridgehead atoms. The Labute approximate surface area is 119 Å². The molecule has 0 amide bonds. The molecule has 2 heteroatoms. The van der Waals surface area contributed by atoms with Crippen molar-refractivity contribution in [3.8, 4) is 0 Å². The van der Waals surface area contributed by atoms with E-state index in [1.54, 1.807) is 0 Å². The summed E-state index contributed by atoms with van der Waals surface area (Å²) in [6.45, 7) is 5.12. The molecule has 0 saturated carbocycles. The zero-order valence-corrected chi connectivity index (χ0v) is 12.9. The van der Waals surface area contributed by atoms with E-state index < -0.39 is 0 Å². The molecule has 108 valence electrons. The summed E-state index contributed by atoms with van der Waals surface area (Å²) in [5.41, 5.74) is 8.52. The Bertz CT molecular complexity index is 332. The molecule has 1 aromatic rings. The zero-order chi connectivity index (χ0) is 14.1. The molecule has 0 aliphatic rings. The molecule has 0 aromatic heterocycles. The van der Waals surface area contributed by atoms with Crippen molar-refractivity contribution in [1.29, 1.82) is 0 Å². The van der Waals surface area contributed by atoms with E-state index in [1.165, 1.54) is 49.8 Å². The molecule has 0 radical (unpaired) electrons. The van der Waals surface area contributed by atoms with Crippen LogP contribution in [-0.4, -0.2) is 19.6 Å². The van der Waals surface area contributed by atoms with Gasteiger partial charge in [-0.1, -0.05) is 56.7 Å². The van der Waals surface area contributed by atoms with Crippen LogP contribution in [-0.2, 0) is 0 Å². The number of anilines is 1. The van der Waals surface area contributed by atoms with Gasteiger partial charge in [0.2, 0.25) is 0 Å². The lowest BCUT2D eigenvalue weighted by atomic mass is 10.0.